The summed E-state index contributed by atoms with van der Waals surface area (Å²) in [6.45, 7) is 12.1. The van der Waals surface area contributed by atoms with Crippen LogP contribution in [0.5, 0.6) is 0 Å². The number of morpholine rings is 1. The lowest BCUT2D eigenvalue weighted by molar-refractivity contribution is -0.140. The summed E-state index contributed by atoms with van der Waals surface area (Å²) >= 11 is 1.62. The van der Waals surface area contributed by atoms with E-state index in [1.54, 1.807) is 28.4 Å². The highest BCUT2D eigenvalue weighted by molar-refractivity contribution is 7.21. The van der Waals surface area contributed by atoms with Gasteiger partial charge in [-0.15, -0.1) is 11.3 Å². The molecule has 39 heavy (non-hydrogen) atoms. The maximum absolute atomic E-state index is 13.7. The molecule has 5 rings (SSSR count). The summed E-state index contributed by atoms with van der Waals surface area (Å²) < 4.78 is 6.56. The van der Waals surface area contributed by atoms with Crippen LogP contribution in [-0.2, 0) is 19.1 Å². The van der Waals surface area contributed by atoms with E-state index >= 15 is 0 Å². The molecule has 0 spiro atoms. The van der Waals surface area contributed by atoms with Gasteiger partial charge in [0.15, 0.2) is 0 Å². The lowest BCUT2D eigenvalue weighted by atomic mass is 9.91. The minimum Gasteiger partial charge on any atom is -0.379 e. The largest absolute Gasteiger partial charge is 0.379 e. The zero-order valence-corrected chi connectivity index (χ0v) is 23.9. The van der Waals surface area contributed by atoms with Gasteiger partial charge in [-0.05, 0) is 54.3 Å². The zero-order chi connectivity index (χ0) is 27.7. The minimum absolute atomic E-state index is 0.00318. The fourth-order valence-corrected chi connectivity index (χ4v) is 6.19. The normalized spacial score (nSPS) is 18.8. The molecule has 2 saturated heterocycles. The van der Waals surface area contributed by atoms with Gasteiger partial charge in [0.25, 0.3) is 5.91 Å². The van der Waals surface area contributed by atoms with Crippen molar-refractivity contribution in [1.82, 2.24) is 14.8 Å². The molecule has 0 bridgehead atoms. The molecule has 2 aliphatic heterocycles. The number of ether oxygens (including phenoxy) is 1. The number of carbonyl (C=O) groups is 3. The lowest BCUT2D eigenvalue weighted by Crippen LogP contribution is -2.50. The maximum atomic E-state index is 13.7. The standard InChI is InChI=1S/C30H36N4O4S/c1-20-5-10-23-25(17-20)39-28(31-23)21-6-8-22(9-7-21)34-26(35)18-24(29(34)37)33(27(36)19-30(2,3)4)12-11-32-13-15-38-16-14-32/h5-10,17,24H,11-16,18-19H2,1-4H3. The molecule has 8 nitrogen and oxygen atoms in total. The maximum Gasteiger partial charge on any atom is 0.257 e. The second-order valence-electron chi connectivity index (χ2n) is 11.6. The zero-order valence-electron chi connectivity index (χ0n) is 23.1. The van der Waals surface area contributed by atoms with Crippen molar-refractivity contribution in [3.8, 4) is 10.6 Å². The predicted octanol–water partition coefficient (Wildman–Crippen LogP) is 4.50. The lowest BCUT2D eigenvalue weighted by Gasteiger charge is -2.33. The van der Waals surface area contributed by atoms with Crippen LogP contribution in [0.3, 0.4) is 0 Å². The molecule has 0 N–H and O–H groups in total. The highest BCUT2D eigenvalue weighted by atomic mass is 32.1. The molecule has 2 aliphatic rings. The second-order valence-corrected chi connectivity index (χ2v) is 12.6. The quantitative estimate of drug-likeness (QED) is 0.405. The third kappa shape index (κ3) is 6.21. The third-order valence-electron chi connectivity index (χ3n) is 7.18. The number of nitrogens with zero attached hydrogens (tertiary/aromatic N) is 4. The van der Waals surface area contributed by atoms with Gasteiger partial charge in [-0.25, -0.2) is 9.88 Å². The number of aromatic nitrogens is 1. The Hall–Kier alpha value is -3.14. The van der Waals surface area contributed by atoms with Gasteiger partial charge in [0.2, 0.25) is 11.8 Å². The molecule has 0 radical (unpaired) electrons. The van der Waals surface area contributed by atoms with Crippen molar-refractivity contribution in [2.24, 2.45) is 5.41 Å². The van der Waals surface area contributed by atoms with E-state index in [2.05, 4.69) is 17.9 Å². The third-order valence-corrected chi connectivity index (χ3v) is 8.25. The Balaban J connectivity index is 1.34. The summed E-state index contributed by atoms with van der Waals surface area (Å²) in [4.78, 5) is 50.1. The van der Waals surface area contributed by atoms with Crippen molar-refractivity contribution in [2.75, 3.05) is 44.3 Å². The van der Waals surface area contributed by atoms with Crippen LogP contribution in [0.2, 0.25) is 0 Å². The molecule has 1 aromatic heterocycles. The number of aryl methyl sites for hydroxylation is 1. The van der Waals surface area contributed by atoms with Crippen LogP contribution in [0.4, 0.5) is 5.69 Å². The average molecular weight is 549 g/mol. The fraction of sp³-hybridized carbons (Fsp3) is 0.467. The number of rotatable bonds is 7. The van der Waals surface area contributed by atoms with Crippen molar-refractivity contribution in [3.63, 3.8) is 0 Å². The second kappa shape index (κ2) is 11.2. The minimum atomic E-state index is -0.791. The van der Waals surface area contributed by atoms with Gasteiger partial charge in [0.1, 0.15) is 11.0 Å². The number of fused-ring (bicyclic) bond motifs is 1. The average Bonchev–Trinajstić information content (AvgIpc) is 3.43. The van der Waals surface area contributed by atoms with Crippen molar-refractivity contribution in [1.29, 1.82) is 0 Å². The highest BCUT2D eigenvalue weighted by Gasteiger charge is 2.44. The van der Waals surface area contributed by atoms with Gasteiger partial charge >= 0.3 is 0 Å². The Bertz CT molecular complexity index is 1370. The fourth-order valence-electron chi connectivity index (χ4n) is 5.12. The Morgan fingerprint density at radius 3 is 2.51 bits per heavy atom. The van der Waals surface area contributed by atoms with Crippen molar-refractivity contribution in [3.05, 3.63) is 48.0 Å². The molecule has 3 heterocycles. The van der Waals surface area contributed by atoms with Crippen LogP contribution >= 0.6 is 11.3 Å². The number of amides is 3. The molecule has 3 amide bonds. The van der Waals surface area contributed by atoms with Crippen molar-refractivity contribution < 1.29 is 19.1 Å². The molecular formula is C30H36N4O4S. The molecule has 0 aliphatic carbocycles. The summed E-state index contributed by atoms with van der Waals surface area (Å²) in [5.41, 5.74) is 3.36. The molecule has 206 valence electrons. The smallest absolute Gasteiger partial charge is 0.257 e. The van der Waals surface area contributed by atoms with Crippen LogP contribution in [0.1, 0.15) is 39.2 Å². The number of imide groups is 1. The molecule has 0 saturated carbocycles. The number of hydrogen-bond acceptors (Lipinski definition) is 7. The van der Waals surface area contributed by atoms with Gasteiger partial charge in [-0.3, -0.25) is 19.3 Å². The monoisotopic (exact) mass is 548 g/mol. The van der Waals surface area contributed by atoms with E-state index < -0.39 is 6.04 Å². The first-order chi connectivity index (χ1) is 18.6. The number of benzene rings is 2. The van der Waals surface area contributed by atoms with Crippen molar-refractivity contribution >= 4 is 45.0 Å². The van der Waals surface area contributed by atoms with Crippen LogP contribution in [0.25, 0.3) is 20.8 Å². The van der Waals surface area contributed by atoms with Crippen LogP contribution in [0.15, 0.2) is 42.5 Å². The van der Waals surface area contributed by atoms with Crippen molar-refractivity contribution in [2.45, 2.75) is 46.6 Å². The topological polar surface area (TPSA) is 83.1 Å². The van der Waals surface area contributed by atoms with E-state index in [1.165, 1.54) is 10.5 Å². The summed E-state index contributed by atoms with van der Waals surface area (Å²) in [6.07, 6.45) is 0.307. The van der Waals surface area contributed by atoms with E-state index in [1.807, 2.05) is 45.0 Å². The number of thiazole rings is 1. The Morgan fingerprint density at radius 1 is 1.10 bits per heavy atom. The summed E-state index contributed by atoms with van der Waals surface area (Å²) in [6, 6.07) is 12.8. The van der Waals surface area contributed by atoms with Gasteiger partial charge in [-0.1, -0.05) is 26.8 Å². The van der Waals surface area contributed by atoms with Crippen LogP contribution in [0, 0.1) is 12.3 Å². The first kappa shape index (κ1) is 27.4. The Kier molecular flexibility index (Phi) is 7.84. The first-order valence-electron chi connectivity index (χ1n) is 13.5. The molecular weight excluding hydrogens is 512 g/mol. The van der Waals surface area contributed by atoms with E-state index in [9.17, 15) is 14.4 Å². The van der Waals surface area contributed by atoms with Gasteiger partial charge in [-0.2, -0.15) is 0 Å². The molecule has 2 aromatic carbocycles. The summed E-state index contributed by atoms with van der Waals surface area (Å²) in [7, 11) is 0. The Labute approximate surface area is 233 Å². The number of carbonyl (C=O) groups excluding carboxylic acids is 3. The number of hydrogen-bond donors (Lipinski definition) is 0. The van der Waals surface area contributed by atoms with Gasteiger partial charge in [0, 0.05) is 38.2 Å². The molecule has 1 atom stereocenters. The van der Waals surface area contributed by atoms with Crippen LogP contribution < -0.4 is 4.90 Å². The first-order valence-corrected chi connectivity index (χ1v) is 14.3. The predicted molar refractivity (Wildman–Crippen MR) is 154 cm³/mol. The number of anilines is 1. The molecule has 3 aromatic rings. The molecule has 1 unspecified atom stereocenters. The Morgan fingerprint density at radius 2 is 1.82 bits per heavy atom. The highest BCUT2D eigenvalue weighted by Crippen LogP contribution is 2.33. The SMILES string of the molecule is Cc1ccc2nc(-c3ccc(N4C(=O)CC(N(CCN5CCOCC5)C(=O)CC(C)(C)C)C4=O)cc3)sc2c1. The van der Waals surface area contributed by atoms with E-state index in [-0.39, 0.29) is 29.6 Å². The van der Waals surface area contributed by atoms with Gasteiger partial charge < -0.3 is 9.64 Å². The van der Waals surface area contributed by atoms with Crippen LogP contribution in [-0.4, -0.2) is 77.9 Å². The summed E-state index contributed by atoms with van der Waals surface area (Å²) in [5.74, 6) is -0.717. The van der Waals surface area contributed by atoms with E-state index in [4.69, 9.17) is 9.72 Å². The summed E-state index contributed by atoms with van der Waals surface area (Å²) in [5, 5.41) is 0.890. The van der Waals surface area contributed by atoms with E-state index in [0.29, 0.717) is 38.4 Å². The van der Waals surface area contributed by atoms with Gasteiger partial charge in [0.05, 0.1) is 35.5 Å². The molecule has 2 fully saturated rings. The molecule has 9 heteroatoms. The van der Waals surface area contributed by atoms with E-state index in [0.717, 1.165) is 33.9 Å².